The molecule has 3 atom stereocenters. The molecule has 1 aromatic carbocycles. The lowest BCUT2D eigenvalue weighted by Gasteiger charge is -2.32. The zero-order valence-corrected chi connectivity index (χ0v) is 14.0. The second kappa shape index (κ2) is 5.94. The van der Waals surface area contributed by atoms with Crippen molar-refractivity contribution >= 4 is 5.91 Å². The van der Waals surface area contributed by atoms with E-state index in [9.17, 15) is 4.79 Å². The fourth-order valence-corrected chi connectivity index (χ4v) is 3.98. The van der Waals surface area contributed by atoms with Crippen LogP contribution >= 0.6 is 0 Å². The van der Waals surface area contributed by atoms with Crippen molar-refractivity contribution in [2.45, 2.75) is 12.6 Å². The fraction of sp³-hybridized carbons (Fsp3) is 0.444. The van der Waals surface area contributed by atoms with Gasteiger partial charge in [0.05, 0.1) is 24.8 Å². The van der Waals surface area contributed by atoms with Gasteiger partial charge in [-0.05, 0) is 19.2 Å². The van der Waals surface area contributed by atoms with Crippen molar-refractivity contribution in [3.05, 3.63) is 47.8 Å². The maximum absolute atomic E-state index is 12.7. The van der Waals surface area contributed by atoms with Gasteiger partial charge in [0.15, 0.2) is 0 Å². The molecule has 24 heavy (non-hydrogen) atoms. The van der Waals surface area contributed by atoms with E-state index in [1.54, 1.807) is 10.9 Å². The summed E-state index contributed by atoms with van der Waals surface area (Å²) in [6, 6.07) is 10.3. The van der Waals surface area contributed by atoms with Crippen LogP contribution in [0.3, 0.4) is 0 Å². The zero-order chi connectivity index (χ0) is 16.7. The summed E-state index contributed by atoms with van der Waals surface area (Å²) in [4.78, 5) is 15.0. The van der Waals surface area contributed by atoms with Crippen LogP contribution in [0.15, 0.2) is 36.5 Å². The Hall–Kier alpha value is -2.34. The molecule has 0 unspecified atom stereocenters. The Morgan fingerprint density at radius 1 is 1.33 bits per heavy atom. The largest absolute Gasteiger partial charge is 0.493 e. The number of likely N-dealkylation sites (tertiary alicyclic amines) is 1. The number of nitrogens with one attached hydrogen (secondary N) is 1. The predicted molar refractivity (Wildman–Crippen MR) is 89.3 cm³/mol. The standard InChI is InChI=1S/C18H22N4O2/c1-21-10-14(18(23)19-9-12-7-8-20-22(12)2)15-11-24-16-6-4-3-5-13(16)17(15)21/h3-8,14-15,17H,9-11H2,1-2H3,(H,19,23)/t14-,15+,17+/m1/s1. The molecule has 3 heterocycles. The van der Waals surface area contributed by atoms with E-state index in [1.165, 1.54) is 5.56 Å². The Labute approximate surface area is 141 Å². The number of nitrogens with zero attached hydrogens (tertiary/aromatic N) is 3. The average Bonchev–Trinajstić information content (AvgIpc) is 3.16. The maximum atomic E-state index is 12.7. The number of hydrogen-bond donors (Lipinski definition) is 1. The minimum atomic E-state index is -0.0541. The van der Waals surface area contributed by atoms with Gasteiger partial charge in [-0.2, -0.15) is 5.10 Å². The molecule has 2 aliphatic rings. The minimum absolute atomic E-state index is 0.0541. The third-order valence-electron chi connectivity index (χ3n) is 5.25. The maximum Gasteiger partial charge on any atom is 0.225 e. The molecule has 1 saturated heterocycles. The molecular weight excluding hydrogens is 304 g/mol. The SMILES string of the molecule is CN1C[C@@H](C(=O)NCc2ccnn2C)[C@@H]2COc3ccccc3[C@@H]21. The van der Waals surface area contributed by atoms with Crippen LogP contribution in [0, 0.1) is 11.8 Å². The lowest BCUT2D eigenvalue weighted by atomic mass is 9.85. The third kappa shape index (κ3) is 2.47. The number of ether oxygens (including phenoxy) is 1. The molecule has 0 radical (unpaired) electrons. The molecule has 1 N–H and O–H groups in total. The first-order chi connectivity index (χ1) is 11.6. The van der Waals surface area contributed by atoms with E-state index < -0.39 is 0 Å². The fourth-order valence-electron chi connectivity index (χ4n) is 3.98. The van der Waals surface area contributed by atoms with Crippen LogP contribution < -0.4 is 10.1 Å². The summed E-state index contributed by atoms with van der Waals surface area (Å²) in [5, 5.41) is 7.20. The first-order valence-corrected chi connectivity index (χ1v) is 8.31. The molecule has 4 rings (SSSR count). The van der Waals surface area contributed by atoms with E-state index in [4.69, 9.17) is 4.74 Å². The Bertz CT molecular complexity index is 757. The highest BCUT2D eigenvalue weighted by Gasteiger charge is 2.47. The highest BCUT2D eigenvalue weighted by Crippen LogP contribution is 2.46. The number of amides is 1. The number of carbonyl (C=O) groups excluding carboxylic acids is 1. The molecule has 1 fully saturated rings. The number of aromatic nitrogens is 2. The van der Waals surface area contributed by atoms with Gasteiger partial charge in [0.1, 0.15) is 5.75 Å². The Kier molecular flexibility index (Phi) is 3.76. The highest BCUT2D eigenvalue weighted by molar-refractivity contribution is 5.80. The van der Waals surface area contributed by atoms with Crippen LogP contribution in [-0.4, -0.2) is 40.8 Å². The number of aryl methyl sites for hydroxylation is 1. The van der Waals surface area contributed by atoms with Gasteiger partial charge < -0.3 is 10.1 Å². The van der Waals surface area contributed by atoms with Crippen LogP contribution in [0.5, 0.6) is 5.75 Å². The summed E-state index contributed by atoms with van der Waals surface area (Å²) in [6.45, 7) is 1.85. The van der Waals surface area contributed by atoms with Crippen LogP contribution in [0.4, 0.5) is 0 Å². The lowest BCUT2D eigenvalue weighted by molar-refractivity contribution is -0.126. The summed E-state index contributed by atoms with van der Waals surface area (Å²) in [5.74, 6) is 1.18. The van der Waals surface area contributed by atoms with Gasteiger partial charge in [-0.15, -0.1) is 0 Å². The zero-order valence-electron chi connectivity index (χ0n) is 14.0. The summed E-state index contributed by atoms with van der Waals surface area (Å²) >= 11 is 0. The van der Waals surface area contributed by atoms with Crippen molar-refractivity contribution in [3.63, 3.8) is 0 Å². The molecule has 2 aliphatic heterocycles. The topological polar surface area (TPSA) is 59.4 Å². The quantitative estimate of drug-likeness (QED) is 0.925. The first kappa shape index (κ1) is 15.2. The molecule has 0 saturated carbocycles. The summed E-state index contributed by atoms with van der Waals surface area (Å²) in [6.07, 6.45) is 1.74. The number of hydrogen-bond acceptors (Lipinski definition) is 4. The van der Waals surface area contributed by atoms with Crippen LogP contribution in [0.2, 0.25) is 0 Å². The summed E-state index contributed by atoms with van der Waals surface area (Å²) in [7, 11) is 3.97. The molecule has 0 bridgehead atoms. The number of para-hydroxylation sites is 1. The van der Waals surface area contributed by atoms with Gasteiger partial charge >= 0.3 is 0 Å². The smallest absolute Gasteiger partial charge is 0.225 e. The molecule has 126 valence electrons. The van der Waals surface area contributed by atoms with Crippen LogP contribution in [0.1, 0.15) is 17.3 Å². The number of fused-ring (bicyclic) bond motifs is 3. The molecule has 6 nitrogen and oxygen atoms in total. The molecule has 1 amide bonds. The first-order valence-electron chi connectivity index (χ1n) is 8.31. The monoisotopic (exact) mass is 326 g/mol. The van der Waals surface area contributed by atoms with E-state index in [0.717, 1.165) is 18.0 Å². The van der Waals surface area contributed by atoms with E-state index in [0.29, 0.717) is 13.2 Å². The predicted octanol–water partition coefficient (Wildman–Crippen LogP) is 1.35. The van der Waals surface area contributed by atoms with E-state index in [2.05, 4.69) is 28.4 Å². The summed E-state index contributed by atoms with van der Waals surface area (Å²) in [5.41, 5.74) is 2.19. The van der Waals surface area contributed by atoms with Gasteiger partial charge in [-0.1, -0.05) is 18.2 Å². The Morgan fingerprint density at radius 3 is 2.96 bits per heavy atom. The van der Waals surface area contributed by atoms with Gasteiger partial charge in [-0.25, -0.2) is 0 Å². The highest BCUT2D eigenvalue weighted by atomic mass is 16.5. The van der Waals surface area contributed by atoms with Crippen molar-refractivity contribution in [1.29, 1.82) is 0 Å². The normalized spacial score (nSPS) is 25.7. The second-order valence-electron chi connectivity index (χ2n) is 6.67. The molecule has 6 heteroatoms. The van der Waals surface area contributed by atoms with Crippen molar-refractivity contribution in [2.75, 3.05) is 20.2 Å². The third-order valence-corrected chi connectivity index (χ3v) is 5.25. The molecule has 2 aromatic rings. The van der Waals surface area contributed by atoms with Gasteiger partial charge in [0.25, 0.3) is 0 Å². The summed E-state index contributed by atoms with van der Waals surface area (Å²) < 4.78 is 7.70. The second-order valence-corrected chi connectivity index (χ2v) is 6.67. The van der Waals surface area contributed by atoms with E-state index >= 15 is 0 Å². The molecule has 1 aromatic heterocycles. The van der Waals surface area contributed by atoms with Crippen LogP contribution in [-0.2, 0) is 18.4 Å². The Balaban J connectivity index is 1.50. The van der Waals surface area contributed by atoms with E-state index in [1.807, 2.05) is 31.3 Å². The number of benzene rings is 1. The number of rotatable bonds is 3. The molecule has 0 aliphatic carbocycles. The van der Waals surface area contributed by atoms with Crippen molar-refractivity contribution in [1.82, 2.24) is 20.0 Å². The van der Waals surface area contributed by atoms with Gasteiger partial charge in [0, 0.05) is 37.3 Å². The average molecular weight is 326 g/mol. The van der Waals surface area contributed by atoms with E-state index in [-0.39, 0.29) is 23.8 Å². The molecular formula is C18H22N4O2. The van der Waals surface area contributed by atoms with Crippen molar-refractivity contribution in [2.24, 2.45) is 18.9 Å². The lowest BCUT2D eigenvalue weighted by Crippen LogP contribution is -2.38. The van der Waals surface area contributed by atoms with Gasteiger partial charge in [-0.3, -0.25) is 14.4 Å². The Morgan fingerprint density at radius 2 is 2.17 bits per heavy atom. The van der Waals surface area contributed by atoms with Gasteiger partial charge in [0.2, 0.25) is 5.91 Å². The minimum Gasteiger partial charge on any atom is -0.493 e. The van der Waals surface area contributed by atoms with Crippen molar-refractivity contribution in [3.8, 4) is 5.75 Å². The van der Waals surface area contributed by atoms with Crippen molar-refractivity contribution < 1.29 is 9.53 Å². The van der Waals surface area contributed by atoms with Crippen LogP contribution in [0.25, 0.3) is 0 Å². The molecule has 0 spiro atoms. The number of carbonyl (C=O) groups is 1.